The van der Waals surface area contributed by atoms with Gasteiger partial charge in [-0.1, -0.05) is 24.3 Å². The standard InChI is InChI=1S/C16H13BrINO2/c17-13-6-5-10(18)8-12(13)16(21)19-15-11-4-2-1-3-9(11)7-14(15)20/h1-6,8,14-15,20H,7H2,(H,19,21)/t14-,15+/m1/s1. The minimum Gasteiger partial charge on any atom is -0.390 e. The fraction of sp³-hybridized carbons (Fsp3) is 0.188. The SMILES string of the molecule is O=C(N[C@H]1c2ccccc2C[C@H]1O)c1cc(I)ccc1Br. The van der Waals surface area contributed by atoms with Crippen molar-refractivity contribution in [3.63, 3.8) is 0 Å². The lowest BCUT2D eigenvalue weighted by Crippen LogP contribution is -2.34. The molecule has 0 radical (unpaired) electrons. The Kier molecular flexibility index (Phi) is 4.33. The molecular weight excluding hydrogens is 445 g/mol. The molecule has 1 aliphatic carbocycles. The predicted molar refractivity (Wildman–Crippen MR) is 93.2 cm³/mol. The number of fused-ring (bicyclic) bond motifs is 1. The summed E-state index contributed by atoms with van der Waals surface area (Å²) in [6, 6.07) is 13.1. The van der Waals surface area contributed by atoms with Crippen LogP contribution in [0.5, 0.6) is 0 Å². The quantitative estimate of drug-likeness (QED) is 0.678. The maximum Gasteiger partial charge on any atom is 0.253 e. The van der Waals surface area contributed by atoms with Gasteiger partial charge in [0.1, 0.15) is 0 Å². The Morgan fingerprint density at radius 1 is 1.29 bits per heavy atom. The molecule has 0 aromatic heterocycles. The Hall–Kier alpha value is -0.920. The highest BCUT2D eigenvalue weighted by Crippen LogP contribution is 2.32. The lowest BCUT2D eigenvalue weighted by atomic mass is 10.1. The molecule has 21 heavy (non-hydrogen) atoms. The topological polar surface area (TPSA) is 49.3 Å². The zero-order chi connectivity index (χ0) is 15.0. The first-order chi connectivity index (χ1) is 10.1. The van der Waals surface area contributed by atoms with Gasteiger partial charge in [0.05, 0.1) is 17.7 Å². The lowest BCUT2D eigenvalue weighted by molar-refractivity contribution is 0.0857. The first-order valence-electron chi connectivity index (χ1n) is 6.58. The van der Waals surface area contributed by atoms with Crippen LogP contribution in [0.3, 0.4) is 0 Å². The van der Waals surface area contributed by atoms with Crippen LogP contribution in [0.4, 0.5) is 0 Å². The normalized spacial score (nSPS) is 20.1. The van der Waals surface area contributed by atoms with E-state index < -0.39 is 6.10 Å². The summed E-state index contributed by atoms with van der Waals surface area (Å²) in [7, 11) is 0. The average Bonchev–Trinajstić information content (AvgIpc) is 2.78. The number of amides is 1. The molecule has 0 heterocycles. The van der Waals surface area contributed by atoms with Gasteiger partial charge in [0.25, 0.3) is 5.91 Å². The molecule has 0 aliphatic heterocycles. The molecule has 2 aromatic carbocycles. The van der Waals surface area contributed by atoms with Gasteiger partial charge in [-0.3, -0.25) is 4.79 Å². The number of benzene rings is 2. The molecule has 5 heteroatoms. The summed E-state index contributed by atoms with van der Waals surface area (Å²) in [6.45, 7) is 0. The van der Waals surface area contributed by atoms with E-state index in [0.717, 1.165) is 19.2 Å². The summed E-state index contributed by atoms with van der Waals surface area (Å²) in [4.78, 5) is 12.5. The van der Waals surface area contributed by atoms with Crippen LogP contribution in [0, 0.1) is 3.57 Å². The minimum atomic E-state index is -0.576. The number of carbonyl (C=O) groups is 1. The van der Waals surface area contributed by atoms with E-state index in [2.05, 4.69) is 43.8 Å². The van der Waals surface area contributed by atoms with E-state index in [1.807, 2.05) is 42.5 Å². The summed E-state index contributed by atoms with van der Waals surface area (Å²) >= 11 is 5.57. The fourth-order valence-corrected chi connectivity index (χ4v) is 3.56. The van der Waals surface area contributed by atoms with Gasteiger partial charge >= 0.3 is 0 Å². The van der Waals surface area contributed by atoms with E-state index in [4.69, 9.17) is 0 Å². The van der Waals surface area contributed by atoms with E-state index in [1.54, 1.807) is 0 Å². The van der Waals surface area contributed by atoms with Crippen LogP contribution in [0.25, 0.3) is 0 Å². The van der Waals surface area contributed by atoms with Crippen molar-refractivity contribution in [3.05, 3.63) is 67.2 Å². The van der Waals surface area contributed by atoms with E-state index in [0.29, 0.717) is 12.0 Å². The Morgan fingerprint density at radius 2 is 2.05 bits per heavy atom. The second kappa shape index (κ2) is 6.06. The number of aliphatic hydroxyl groups excluding tert-OH is 1. The smallest absolute Gasteiger partial charge is 0.253 e. The summed E-state index contributed by atoms with van der Waals surface area (Å²) in [5.41, 5.74) is 2.68. The Morgan fingerprint density at radius 3 is 2.86 bits per heavy atom. The maximum absolute atomic E-state index is 12.5. The Bertz CT molecular complexity index is 704. The summed E-state index contributed by atoms with van der Waals surface area (Å²) in [5.74, 6) is -0.179. The fourth-order valence-electron chi connectivity index (χ4n) is 2.64. The zero-order valence-corrected chi connectivity index (χ0v) is 14.8. The third-order valence-electron chi connectivity index (χ3n) is 3.66. The van der Waals surface area contributed by atoms with Crippen LogP contribution in [-0.4, -0.2) is 17.1 Å². The van der Waals surface area contributed by atoms with Crippen molar-refractivity contribution >= 4 is 44.4 Å². The van der Waals surface area contributed by atoms with Gasteiger partial charge < -0.3 is 10.4 Å². The molecule has 0 spiro atoms. The van der Waals surface area contributed by atoms with Crippen LogP contribution in [0.2, 0.25) is 0 Å². The molecular formula is C16H13BrINO2. The van der Waals surface area contributed by atoms with Gasteiger partial charge in [0.2, 0.25) is 0 Å². The van der Waals surface area contributed by atoms with Crippen LogP contribution < -0.4 is 5.32 Å². The zero-order valence-electron chi connectivity index (χ0n) is 11.0. The van der Waals surface area contributed by atoms with Crippen molar-refractivity contribution in [1.82, 2.24) is 5.32 Å². The highest BCUT2D eigenvalue weighted by Gasteiger charge is 2.32. The molecule has 0 fully saturated rings. The first kappa shape index (κ1) is 15.0. The number of hydrogen-bond donors (Lipinski definition) is 2. The molecule has 2 N–H and O–H groups in total. The van der Waals surface area contributed by atoms with E-state index >= 15 is 0 Å². The number of rotatable bonds is 2. The van der Waals surface area contributed by atoms with Crippen molar-refractivity contribution in [2.75, 3.05) is 0 Å². The number of nitrogens with one attached hydrogen (secondary N) is 1. The van der Waals surface area contributed by atoms with Crippen molar-refractivity contribution in [1.29, 1.82) is 0 Å². The van der Waals surface area contributed by atoms with Gasteiger partial charge in [-0.25, -0.2) is 0 Å². The van der Waals surface area contributed by atoms with Crippen molar-refractivity contribution in [2.45, 2.75) is 18.6 Å². The highest BCUT2D eigenvalue weighted by molar-refractivity contribution is 14.1. The van der Waals surface area contributed by atoms with Gasteiger partial charge in [0, 0.05) is 14.5 Å². The molecule has 1 aliphatic rings. The summed E-state index contributed by atoms with van der Waals surface area (Å²) in [5, 5.41) is 13.1. The molecule has 3 nitrogen and oxygen atoms in total. The van der Waals surface area contributed by atoms with Crippen molar-refractivity contribution in [3.8, 4) is 0 Å². The Labute approximate surface area is 145 Å². The highest BCUT2D eigenvalue weighted by atomic mass is 127. The molecule has 2 atom stereocenters. The number of hydrogen-bond acceptors (Lipinski definition) is 2. The molecule has 0 saturated carbocycles. The molecule has 2 aromatic rings. The molecule has 0 saturated heterocycles. The van der Waals surface area contributed by atoms with Gasteiger partial charge in [-0.2, -0.15) is 0 Å². The number of carbonyl (C=O) groups excluding carboxylic acids is 1. The third-order valence-corrected chi connectivity index (χ3v) is 5.03. The van der Waals surface area contributed by atoms with Gasteiger partial charge in [-0.05, 0) is 67.8 Å². The van der Waals surface area contributed by atoms with E-state index in [-0.39, 0.29) is 11.9 Å². The molecule has 0 unspecified atom stereocenters. The van der Waals surface area contributed by atoms with Crippen LogP contribution in [0.15, 0.2) is 46.9 Å². The second-order valence-corrected chi connectivity index (χ2v) is 7.15. The van der Waals surface area contributed by atoms with Gasteiger partial charge in [-0.15, -0.1) is 0 Å². The van der Waals surface area contributed by atoms with Crippen LogP contribution in [-0.2, 0) is 6.42 Å². The third kappa shape index (κ3) is 3.00. The molecule has 0 bridgehead atoms. The van der Waals surface area contributed by atoms with E-state index in [1.165, 1.54) is 0 Å². The van der Waals surface area contributed by atoms with Crippen molar-refractivity contribution < 1.29 is 9.90 Å². The predicted octanol–water partition coefficient (Wildman–Crippen LogP) is 3.44. The van der Waals surface area contributed by atoms with Crippen molar-refractivity contribution in [2.24, 2.45) is 0 Å². The molecule has 3 rings (SSSR count). The number of aliphatic hydroxyl groups is 1. The number of halogens is 2. The monoisotopic (exact) mass is 457 g/mol. The van der Waals surface area contributed by atoms with Crippen LogP contribution in [0.1, 0.15) is 27.5 Å². The van der Waals surface area contributed by atoms with E-state index in [9.17, 15) is 9.90 Å². The lowest BCUT2D eigenvalue weighted by Gasteiger charge is -2.18. The average molecular weight is 458 g/mol. The Balaban J connectivity index is 1.87. The first-order valence-corrected chi connectivity index (χ1v) is 8.45. The molecule has 1 amide bonds. The maximum atomic E-state index is 12.5. The largest absolute Gasteiger partial charge is 0.390 e. The summed E-state index contributed by atoms with van der Waals surface area (Å²) < 4.78 is 1.74. The van der Waals surface area contributed by atoms with Gasteiger partial charge in [0.15, 0.2) is 0 Å². The second-order valence-electron chi connectivity index (χ2n) is 5.05. The summed E-state index contributed by atoms with van der Waals surface area (Å²) in [6.07, 6.45) is 0.00198. The molecule has 108 valence electrons. The minimum absolute atomic E-state index is 0.179. The van der Waals surface area contributed by atoms with Crippen LogP contribution >= 0.6 is 38.5 Å².